The first-order valence-electron chi connectivity index (χ1n) is 8.09. The molecule has 2 aromatic rings. The minimum Gasteiger partial charge on any atom is -0.492 e. The molecule has 5 nitrogen and oxygen atoms in total. The van der Waals surface area contributed by atoms with Crippen LogP contribution in [0, 0.1) is 21.8 Å². The van der Waals surface area contributed by atoms with Gasteiger partial charge in [-0.1, -0.05) is 17.7 Å². The number of halogens is 2. The maximum Gasteiger partial charge on any atom is 0.266 e. The molecule has 0 aliphatic carbocycles. The largest absolute Gasteiger partial charge is 0.492 e. The van der Waals surface area contributed by atoms with Gasteiger partial charge in [0.15, 0.2) is 11.5 Å². The lowest BCUT2D eigenvalue weighted by Crippen LogP contribution is -2.13. The van der Waals surface area contributed by atoms with Crippen molar-refractivity contribution in [2.75, 3.05) is 19.0 Å². The quantitative estimate of drug-likeness (QED) is 0.339. The minimum atomic E-state index is -0.513. The van der Waals surface area contributed by atoms with Crippen LogP contribution in [-0.4, -0.2) is 19.6 Å². The van der Waals surface area contributed by atoms with Gasteiger partial charge in [0.25, 0.3) is 5.91 Å². The number of aryl methyl sites for hydroxylation is 1. The van der Waals surface area contributed by atoms with Crippen molar-refractivity contribution in [3.63, 3.8) is 0 Å². The van der Waals surface area contributed by atoms with E-state index >= 15 is 0 Å². The molecule has 140 valence electrons. The van der Waals surface area contributed by atoms with Crippen LogP contribution in [0.1, 0.15) is 18.1 Å². The molecule has 2 aromatic carbocycles. The Morgan fingerprint density at radius 3 is 2.70 bits per heavy atom. The van der Waals surface area contributed by atoms with Crippen LogP contribution in [0.3, 0.4) is 0 Å². The Hall–Kier alpha value is -2.24. The van der Waals surface area contributed by atoms with Gasteiger partial charge in [-0.3, -0.25) is 4.79 Å². The van der Waals surface area contributed by atoms with E-state index in [-0.39, 0.29) is 5.57 Å². The summed E-state index contributed by atoms with van der Waals surface area (Å²) in [6.45, 7) is 4.21. The van der Waals surface area contributed by atoms with Crippen LogP contribution in [0.2, 0.25) is 5.02 Å². The van der Waals surface area contributed by atoms with E-state index in [0.717, 1.165) is 9.13 Å². The first kappa shape index (κ1) is 21.1. The van der Waals surface area contributed by atoms with Gasteiger partial charge in [-0.25, -0.2) is 0 Å². The molecule has 0 heterocycles. The summed E-state index contributed by atoms with van der Waals surface area (Å²) >= 11 is 8.20. The third kappa shape index (κ3) is 5.37. The van der Waals surface area contributed by atoms with E-state index in [9.17, 15) is 10.1 Å². The molecule has 0 unspecified atom stereocenters. The number of carbonyl (C=O) groups excluding carboxylic acids is 1. The summed E-state index contributed by atoms with van der Waals surface area (Å²) in [4.78, 5) is 12.5. The van der Waals surface area contributed by atoms with Crippen LogP contribution < -0.4 is 14.8 Å². The van der Waals surface area contributed by atoms with Gasteiger partial charge in [-0.05, 0) is 77.9 Å². The normalized spacial score (nSPS) is 10.9. The molecule has 0 bridgehead atoms. The van der Waals surface area contributed by atoms with Gasteiger partial charge < -0.3 is 14.8 Å². The van der Waals surface area contributed by atoms with Crippen LogP contribution in [0.15, 0.2) is 35.9 Å². The molecular formula is C20H18ClIN2O3. The van der Waals surface area contributed by atoms with E-state index in [1.54, 1.807) is 31.4 Å². The van der Waals surface area contributed by atoms with E-state index in [0.29, 0.717) is 34.4 Å². The third-order valence-corrected chi connectivity index (χ3v) is 4.85. The van der Waals surface area contributed by atoms with E-state index in [1.807, 2.05) is 26.0 Å². The van der Waals surface area contributed by atoms with Crippen molar-refractivity contribution in [3.05, 3.63) is 55.6 Å². The average Bonchev–Trinajstić information content (AvgIpc) is 2.63. The number of rotatable bonds is 6. The number of hydrogen-bond acceptors (Lipinski definition) is 4. The molecule has 2 rings (SSSR count). The van der Waals surface area contributed by atoms with Gasteiger partial charge in [0.1, 0.15) is 11.6 Å². The summed E-state index contributed by atoms with van der Waals surface area (Å²) in [7, 11) is 1.57. The molecule has 0 radical (unpaired) electrons. The van der Waals surface area contributed by atoms with Gasteiger partial charge in [0.05, 0.1) is 17.3 Å². The predicted molar refractivity (Wildman–Crippen MR) is 115 cm³/mol. The Balaban J connectivity index is 2.33. The molecule has 0 aliphatic heterocycles. The molecular weight excluding hydrogens is 479 g/mol. The number of amides is 1. The molecule has 1 N–H and O–H groups in total. The molecule has 0 fully saturated rings. The Labute approximate surface area is 177 Å². The van der Waals surface area contributed by atoms with Crippen LogP contribution >= 0.6 is 34.2 Å². The topological polar surface area (TPSA) is 71.3 Å². The fraction of sp³-hybridized carbons (Fsp3) is 0.200. The van der Waals surface area contributed by atoms with Crippen LogP contribution in [0.4, 0.5) is 5.69 Å². The summed E-state index contributed by atoms with van der Waals surface area (Å²) in [5.41, 5.74) is 2.06. The van der Waals surface area contributed by atoms with Crippen LogP contribution in [-0.2, 0) is 4.79 Å². The maximum atomic E-state index is 12.5. The molecule has 0 saturated carbocycles. The molecule has 0 atom stereocenters. The van der Waals surface area contributed by atoms with E-state index in [2.05, 4.69) is 27.9 Å². The third-order valence-electron chi connectivity index (χ3n) is 3.64. The number of nitrogens with one attached hydrogen (secondary N) is 1. The smallest absolute Gasteiger partial charge is 0.266 e. The van der Waals surface area contributed by atoms with Crippen molar-refractivity contribution in [3.8, 4) is 17.6 Å². The average molecular weight is 497 g/mol. The first-order valence-corrected chi connectivity index (χ1v) is 9.54. The number of anilines is 1. The van der Waals surface area contributed by atoms with Gasteiger partial charge in [-0.2, -0.15) is 5.26 Å². The van der Waals surface area contributed by atoms with Gasteiger partial charge in [0, 0.05) is 10.7 Å². The van der Waals surface area contributed by atoms with Crippen LogP contribution in [0.25, 0.3) is 6.08 Å². The van der Waals surface area contributed by atoms with Crippen molar-refractivity contribution in [2.45, 2.75) is 13.8 Å². The number of ether oxygens (including phenoxy) is 2. The Morgan fingerprint density at radius 1 is 1.37 bits per heavy atom. The number of nitriles is 1. The second kappa shape index (κ2) is 9.62. The second-order valence-corrected chi connectivity index (χ2v) is 7.12. The highest BCUT2D eigenvalue weighted by molar-refractivity contribution is 14.1. The number of hydrogen-bond donors (Lipinski definition) is 1. The fourth-order valence-corrected chi connectivity index (χ4v) is 3.34. The highest BCUT2D eigenvalue weighted by Gasteiger charge is 2.14. The molecule has 1 amide bonds. The number of benzene rings is 2. The molecule has 27 heavy (non-hydrogen) atoms. The lowest BCUT2D eigenvalue weighted by atomic mass is 10.1. The monoisotopic (exact) mass is 496 g/mol. The maximum absolute atomic E-state index is 12.5. The second-order valence-electron chi connectivity index (χ2n) is 5.56. The zero-order valence-corrected chi connectivity index (χ0v) is 18.0. The molecule has 0 saturated heterocycles. The summed E-state index contributed by atoms with van der Waals surface area (Å²) < 4.78 is 11.8. The molecule has 7 heteroatoms. The van der Waals surface area contributed by atoms with Crippen molar-refractivity contribution in [1.29, 1.82) is 5.26 Å². The van der Waals surface area contributed by atoms with Gasteiger partial charge in [0.2, 0.25) is 0 Å². The Bertz CT molecular complexity index is 936. The van der Waals surface area contributed by atoms with E-state index in [1.165, 1.54) is 6.08 Å². The SMILES string of the molecule is CCOc1cc(/C=C(/C#N)C(=O)Nc2ccc(C)c(Cl)c2)cc(I)c1OC. The zero-order chi connectivity index (χ0) is 20.0. The summed E-state index contributed by atoms with van der Waals surface area (Å²) in [5, 5.41) is 12.6. The lowest BCUT2D eigenvalue weighted by molar-refractivity contribution is -0.112. The molecule has 0 aromatic heterocycles. The fourth-order valence-electron chi connectivity index (χ4n) is 2.32. The van der Waals surface area contributed by atoms with Gasteiger partial charge >= 0.3 is 0 Å². The van der Waals surface area contributed by atoms with Crippen molar-refractivity contribution >= 4 is 51.9 Å². The summed E-state index contributed by atoms with van der Waals surface area (Å²) in [6.07, 6.45) is 1.51. The highest BCUT2D eigenvalue weighted by Crippen LogP contribution is 2.34. The van der Waals surface area contributed by atoms with Crippen molar-refractivity contribution in [2.24, 2.45) is 0 Å². The minimum absolute atomic E-state index is 0.0323. The van der Waals surface area contributed by atoms with E-state index in [4.69, 9.17) is 21.1 Å². The summed E-state index contributed by atoms with van der Waals surface area (Å²) in [5.74, 6) is 0.661. The zero-order valence-electron chi connectivity index (χ0n) is 15.1. The lowest BCUT2D eigenvalue weighted by Gasteiger charge is -2.12. The standard InChI is InChI=1S/C20H18ClIN2O3/c1-4-27-18-9-13(8-17(22)19(18)26-3)7-14(11-23)20(25)24-15-6-5-12(2)16(21)10-15/h5-10H,4H2,1-3H3,(H,24,25)/b14-7-. The Kier molecular flexibility index (Phi) is 7.51. The van der Waals surface area contributed by atoms with Crippen LogP contribution in [0.5, 0.6) is 11.5 Å². The van der Waals surface area contributed by atoms with E-state index < -0.39 is 5.91 Å². The number of carbonyl (C=O) groups is 1. The molecule has 0 aliphatic rings. The molecule has 0 spiro atoms. The van der Waals surface area contributed by atoms with Crippen molar-refractivity contribution in [1.82, 2.24) is 0 Å². The first-order chi connectivity index (χ1) is 12.9. The summed E-state index contributed by atoms with van der Waals surface area (Å²) in [6, 6.07) is 10.7. The predicted octanol–water partition coefficient (Wildman–Crippen LogP) is 5.21. The van der Waals surface area contributed by atoms with Gasteiger partial charge in [-0.15, -0.1) is 0 Å². The number of methoxy groups -OCH3 is 1. The van der Waals surface area contributed by atoms with Crippen molar-refractivity contribution < 1.29 is 14.3 Å². The Morgan fingerprint density at radius 2 is 2.11 bits per heavy atom. The number of nitrogens with zero attached hydrogens (tertiary/aromatic N) is 1. The highest BCUT2D eigenvalue weighted by atomic mass is 127.